The number of hydrogen-bond acceptors (Lipinski definition) is 3. The molecule has 1 aliphatic carbocycles. The van der Waals surface area contributed by atoms with Gasteiger partial charge in [0.05, 0.1) is 0 Å². The minimum atomic E-state index is 0.408. The number of fused-ring (bicyclic) bond motifs is 1. The number of aromatic nitrogens is 1. The number of likely N-dealkylation sites (N-methyl/N-ethyl adjacent to an activating group) is 1. The number of aryl methyl sites for hydroxylation is 3. The van der Waals surface area contributed by atoms with Crippen LogP contribution in [0.25, 0.3) is 0 Å². The molecule has 3 rings (SSSR count). The van der Waals surface area contributed by atoms with Crippen LogP contribution in [0.2, 0.25) is 0 Å². The predicted molar refractivity (Wildman–Crippen MR) is 90.1 cm³/mol. The summed E-state index contributed by atoms with van der Waals surface area (Å²) in [5.41, 5.74) is 4.09. The number of pyridine rings is 1. The van der Waals surface area contributed by atoms with E-state index in [9.17, 15) is 0 Å². The Morgan fingerprint density at radius 3 is 2.86 bits per heavy atom. The van der Waals surface area contributed by atoms with E-state index in [0.717, 1.165) is 19.4 Å². The van der Waals surface area contributed by atoms with Gasteiger partial charge >= 0.3 is 0 Å². The van der Waals surface area contributed by atoms with Crippen molar-refractivity contribution < 1.29 is 0 Å². The standard InChI is InChI=1S/C18H24N2S/c1-3-13-8-9-15(20-12-13)11-16(19-4-2)18-10-14-6-5-7-17(14)21-18/h8-10,12,16,19H,3-7,11H2,1-2H3. The minimum absolute atomic E-state index is 0.408. The van der Waals surface area contributed by atoms with Crippen molar-refractivity contribution in [2.24, 2.45) is 0 Å². The molecule has 112 valence electrons. The van der Waals surface area contributed by atoms with Gasteiger partial charge in [-0.1, -0.05) is 19.9 Å². The summed E-state index contributed by atoms with van der Waals surface area (Å²) >= 11 is 2.01. The first-order valence-corrected chi connectivity index (χ1v) is 8.90. The van der Waals surface area contributed by atoms with E-state index in [4.69, 9.17) is 0 Å². The highest BCUT2D eigenvalue weighted by atomic mass is 32.1. The maximum absolute atomic E-state index is 4.63. The Balaban J connectivity index is 1.76. The zero-order valence-corrected chi connectivity index (χ0v) is 13.8. The minimum Gasteiger partial charge on any atom is -0.309 e. The number of rotatable bonds is 6. The smallest absolute Gasteiger partial charge is 0.0470 e. The fourth-order valence-corrected chi connectivity index (χ4v) is 4.37. The predicted octanol–water partition coefficient (Wildman–Crippen LogP) is 4.09. The van der Waals surface area contributed by atoms with Crippen molar-refractivity contribution in [2.75, 3.05) is 6.54 Å². The van der Waals surface area contributed by atoms with E-state index in [2.05, 4.69) is 42.3 Å². The molecule has 0 saturated carbocycles. The second kappa shape index (κ2) is 6.71. The Bertz CT molecular complexity index is 564. The quantitative estimate of drug-likeness (QED) is 0.869. The Hall–Kier alpha value is -1.19. The number of hydrogen-bond donors (Lipinski definition) is 1. The van der Waals surface area contributed by atoms with E-state index >= 15 is 0 Å². The van der Waals surface area contributed by atoms with E-state index in [1.54, 1.807) is 10.4 Å². The highest BCUT2D eigenvalue weighted by Crippen LogP contribution is 2.34. The molecular weight excluding hydrogens is 276 g/mol. The summed E-state index contributed by atoms with van der Waals surface area (Å²) in [5.74, 6) is 0. The molecule has 21 heavy (non-hydrogen) atoms. The van der Waals surface area contributed by atoms with Crippen LogP contribution in [-0.2, 0) is 25.7 Å². The highest BCUT2D eigenvalue weighted by molar-refractivity contribution is 7.12. The molecule has 2 aromatic rings. The van der Waals surface area contributed by atoms with E-state index in [1.807, 2.05) is 17.5 Å². The van der Waals surface area contributed by atoms with Gasteiger partial charge in [0.15, 0.2) is 0 Å². The third kappa shape index (κ3) is 3.35. The topological polar surface area (TPSA) is 24.9 Å². The Kier molecular flexibility index (Phi) is 4.71. The van der Waals surface area contributed by atoms with Gasteiger partial charge in [-0.15, -0.1) is 11.3 Å². The van der Waals surface area contributed by atoms with Gasteiger partial charge in [-0.25, -0.2) is 0 Å². The van der Waals surface area contributed by atoms with E-state index in [-0.39, 0.29) is 0 Å². The molecule has 3 heteroatoms. The Morgan fingerprint density at radius 2 is 2.19 bits per heavy atom. The molecule has 0 radical (unpaired) electrons. The maximum Gasteiger partial charge on any atom is 0.0470 e. The van der Waals surface area contributed by atoms with Crippen molar-refractivity contribution in [3.63, 3.8) is 0 Å². The molecule has 1 unspecified atom stereocenters. The molecule has 2 heterocycles. The SMILES string of the molecule is CCNC(Cc1ccc(CC)cn1)c1cc2c(s1)CCC2. The van der Waals surface area contributed by atoms with Gasteiger partial charge in [0.2, 0.25) is 0 Å². The molecule has 0 aliphatic heterocycles. The fraction of sp³-hybridized carbons (Fsp3) is 0.500. The molecule has 0 amide bonds. The zero-order valence-electron chi connectivity index (χ0n) is 13.0. The molecule has 1 N–H and O–H groups in total. The Morgan fingerprint density at radius 1 is 1.29 bits per heavy atom. The van der Waals surface area contributed by atoms with Gasteiger partial charge < -0.3 is 5.32 Å². The number of thiophene rings is 1. The summed E-state index contributed by atoms with van der Waals surface area (Å²) in [7, 11) is 0. The molecular formula is C18H24N2S. The van der Waals surface area contributed by atoms with Crippen LogP contribution in [0, 0.1) is 0 Å². The van der Waals surface area contributed by atoms with Crippen LogP contribution < -0.4 is 5.32 Å². The fourth-order valence-electron chi connectivity index (χ4n) is 3.04. The highest BCUT2D eigenvalue weighted by Gasteiger charge is 2.20. The summed E-state index contributed by atoms with van der Waals surface area (Å²) in [5, 5.41) is 3.64. The second-order valence-corrected chi connectivity index (χ2v) is 6.94. The van der Waals surface area contributed by atoms with Gasteiger partial charge in [-0.05, 0) is 55.5 Å². The monoisotopic (exact) mass is 300 g/mol. The van der Waals surface area contributed by atoms with Crippen LogP contribution in [0.1, 0.15) is 52.9 Å². The van der Waals surface area contributed by atoms with Gasteiger partial charge in [-0.3, -0.25) is 4.98 Å². The van der Waals surface area contributed by atoms with Crippen molar-refractivity contribution in [3.8, 4) is 0 Å². The van der Waals surface area contributed by atoms with Gasteiger partial charge in [-0.2, -0.15) is 0 Å². The summed E-state index contributed by atoms with van der Waals surface area (Å²) in [6, 6.07) is 7.23. The lowest BCUT2D eigenvalue weighted by Gasteiger charge is -2.16. The van der Waals surface area contributed by atoms with Crippen LogP contribution in [0.4, 0.5) is 0 Å². The first-order valence-electron chi connectivity index (χ1n) is 8.08. The largest absolute Gasteiger partial charge is 0.309 e. The van der Waals surface area contributed by atoms with Crippen molar-refractivity contribution >= 4 is 11.3 Å². The third-order valence-corrected chi connectivity index (χ3v) is 5.62. The molecule has 0 spiro atoms. The number of nitrogens with zero attached hydrogens (tertiary/aromatic N) is 1. The molecule has 2 aromatic heterocycles. The van der Waals surface area contributed by atoms with Gasteiger partial charge in [0.25, 0.3) is 0 Å². The van der Waals surface area contributed by atoms with E-state index in [1.165, 1.54) is 35.4 Å². The van der Waals surface area contributed by atoms with Crippen molar-refractivity contribution in [3.05, 3.63) is 51.0 Å². The van der Waals surface area contributed by atoms with Crippen molar-refractivity contribution in [1.82, 2.24) is 10.3 Å². The van der Waals surface area contributed by atoms with Crippen LogP contribution in [0.3, 0.4) is 0 Å². The van der Waals surface area contributed by atoms with Gasteiger partial charge in [0.1, 0.15) is 0 Å². The lowest BCUT2D eigenvalue weighted by molar-refractivity contribution is 0.552. The Labute approximate surface area is 131 Å². The lowest BCUT2D eigenvalue weighted by atomic mass is 10.1. The summed E-state index contributed by atoms with van der Waals surface area (Å²) in [4.78, 5) is 7.73. The average Bonchev–Trinajstić information content (AvgIpc) is 3.09. The molecule has 0 bridgehead atoms. The maximum atomic E-state index is 4.63. The molecule has 0 aromatic carbocycles. The normalized spacial score (nSPS) is 15.1. The molecule has 1 atom stereocenters. The summed E-state index contributed by atoms with van der Waals surface area (Å²) in [6.45, 7) is 5.35. The lowest BCUT2D eigenvalue weighted by Crippen LogP contribution is -2.22. The average molecular weight is 300 g/mol. The van der Waals surface area contributed by atoms with Crippen molar-refractivity contribution in [1.29, 1.82) is 0 Å². The molecule has 0 saturated heterocycles. The van der Waals surface area contributed by atoms with Gasteiger partial charge in [0, 0.05) is 34.1 Å². The molecule has 0 fully saturated rings. The van der Waals surface area contributed by atoms with Crippen LogP contribution in [0.15, 0.2) is 24.4 Å². The summed E-state index contributed by atoms with van der Waals surface area (Å²) in [6.07, 6.45) is 7.95. The first-order chi connectivity index (χ1) is 10.3. The van der Waals surface area contributed by atoms with Crippen LogP contribution in [0.5, 0.6) is 0 Å². The van der Waals surface area contributed by atoms with Crippen LogP contribution in [-0.4, -0.2) is 11.5 Å². The van der Waals surface area contributed by atoms with Crippen molar-refractivity contribution in [2.45, 2.75) is 52.0 Å². The number of nitrogens with one attached hydrogen (secondary N) is 1. The second-order valence-electron chi connectivity index (χ2n) is 5.78. The van der Waals surface area contributed by atoms with E-state index < -0.39 is 0 Å². The third-order valence-electron chi connectivity index (χ3n) is 4.27. The molecule has 2 nitrogen and oxygen atoms in total. The van der Waals surface area contributed by atoms with E-state index in [0.29, 0.717) is 6.04 Å². The first kappa shape index (κ1) is 14.7. The summed E-state index contributed by atoms with van der Waals surface area (Å²) < 4.78 is 0. The zero-order chi connectivity index (χ0) is 14.7. The van der Waals surface area contributed by atoms with Crippen LogP contribution >= 0.6 is 11.3 Å². The molecule has 1 aliphatic rings.